The van der Waals surface area contributed by atoms with Crippen molar-refractivity contribution in [1.29, 1.82) is 0 Å². The van der Waals surface area contributed by atoms with Crippen molar-refractivity contribution in [3.8, 4) is 0 Å². The predicted octanol–water partition coefficient (Wildman–Crippen LogP) is 7.09. The molecule has 1 unspecified atom stereocenters. The van der Waals surface area contributed by atoms with Crippen LogP contribution in [0, 0.1) is 0 Å². The van der Waals surface area contributed by atoms with Gasteiger partial charge in [0.1, 0.15) is 5.69 Å². The molecule has 156 valence electrons. The molecule has 2 heteroatoms. The van der Waals surface area contributed by atoms with Crippen molar-refractivity contribution in [3.63, 3.8) is 0 Å². The normalized spacial score (nSPS) is 13.5. The molecule has 0 saturated heterocycles. The minimum atomic E-state index is 0.0259. The second-order valence-electron chi connectivity index (χ2n) is 7.93. The Hall–Kier alpha value is -2.42. The lowest BCUT2D eigenvalue weighted by Gasteiger charge is -2.34. The van der Waals surface area contributed by atoms with Crippen LogP contribution in [0.5, 0.6) is 0 Å². The van der Waals surface area contributed by atoms with Gasteiger partial charge in [0, 0.05) is 15.9 Å². The molecule has 0 amide bonds. The summed E-state index contributed by atoms with van der Waals surface area (Å²) in [4.78, 5) is 1.46. The molecule has 0 spiro atoms. The van der Waals surface area contributed by atoms with Crippen molar-refractivity contribution >= 4 is 27.8 Å². The quantitative estimate of drug-likeness (QED) is 0.240. The van der Waals surface area contributed by atoms with Crippen molar-refractivity contribution in [2.24, 2.45) is 0 Å². The lowest BCUT2D eigenvalue weighted by atomic mass is 9.69. The zero-order valence-electron chi connectivity index (χ0n) is 18.1. The maximum absolute atomic E-state index is 4.13. The Balaban J connectivity index is 1.98. The monoisotopic (exact) mass is 416 g/mol. The fourth-order valence-corrected chi connectivity index (χ4v) is 5.22. The van der Waals surface area contributed by atoms with Gasteiger partial charge in [0.25, 0.3) is 0 Å². The van der Waals surface area contributed by atoms with E-state index >= 15 is 0 Å². The molecule has 2 aromatic carbocycles. The second-order valence-corrected chi connectivity index (χ2v) is 8.97. The predicted molar refractivity (Wildman–Crippen MR) is 134 cm³/mol. The molecular weight excluding hydrogens is 382 g/mol. The first-order valence-electron chi connectivity index (χ1n) is 10.9. The Bertz CT molecular complexity index is 983. The molecule has 1 atom stereocenters. The molecular formula is C28H34NS+. The highest BCUT2D eigenvalue weighted by Gasteiger charge is 2.34. The molecule has 2 N–H and O–H groups in total. The summed E-state index contributed by atoms with van der Waals surface area (Å²) in [5.74, 6) is 0. The Morgan fingerprint density at radius 1 is 0.933 bits per heavy atom. The highest BCUT2D eigenvalue weighted by molar-refractivity contribution is 7.09. The first kappa shape index (κ1) is 22.3. The van der Waals surface area contributed by atoms with Gasteiger partial charge >= 0.3 is 0 Å². The summed E-state index contributed by atoms with van der Waals surface area (Å²) in [5, 5.41) is 7.10. The average Bonchev–Trinajstić information content (AvgIpc) is 3.30. The third-order valence-electron chi connectivity index (χ3n) is 5.98. The smallest absolute Gasteiger partial charge is 0.133 e. The summed E-state index contributed by atoms with van der Waals surface area (Å²) in [7, 11) is 2.15. The number of quaternary nitrogens is 1. The van der Waals surface area contributed by atoms with Gasteiger partial charge in [-0.2, -0.15) is 0 Å². The van der Waals surface area contributed by atoms with E-state index in [-0.39, 0.29) is 5.41 Å². The topological polar surface area (TPSA) is 16.6 Å². The minimum Gasteiger partial charge on any atom is -0.316 e. The number of nitrogens with two attached hydrogens (primary N) is 1. The average molecular weight is 417 g/mol. The van der Waals surface area contributed by atoms with Gasteiger partial charge in [-0.05, 0) is 72.9 Å². The maximum atomic E-state index is 4.13. The molecule has 3 aromatic rings. The van der Waals surface area contributed by atoms with Gasteiger partial charge in [-0.25, -0.2) is 0 Å². The highest BCUT2D eigenvalue weighted by atomic mass is 32.1. The molecule has 0 fully saturated rings. The summed E-state index contributed by atoms with van der Waals surface area (Å²) in [6, 6.07) is 17.7. The van der Waals surface area contributed by atoms with Crippen LogP contribution in [-0.2, 0) is 11.8 Å². The van der Waals surface area contributed by atoms with Gasteiger partial charge in [-0.15, -0.1) is 24.5 Å². The van der Waals surface area contributed by atoms with Crippen LogP contribution in [0.15, 0.2) is 91.4 Å². The molecule has 0 aliphatic rings. The van der Waals surface area contributed by atoms with Crippen LogP contribution < -0.4 is 5.32 Å². The van der Waals surface area contributed by atoms with Crippen LogP contribution >= 0.6 is 11.3 Å². The van der Waals surface area contributed by atoms with Crippen LogP contribution in [0.3, 0.4) is 0 Å². The van der Waals surface area contributed by atoms with Crippen LogP contribution in [0.2, 0.25) is 0 Å². The molecule has 0 aliphatic carbocycles. The maximum Gasteiger partial charge on any atom is 0.133 e. The van der Waals surface area contributed by atoms with E-state index in [0.717, 1.165) is 38.5 Å². The summed E-state index contributed by atoms with van der Waals surface area (Å²) >= 11 is 1.85. The SMILES string of the molecule is C=CCCC(CC=C)(C/C=C/CCc1cccs1)c1c([NH2+]C)ccc2ccccc12. The van der Waals surface area contributed by atoms with Crippen molar-refractivity contribution < 1.29 is 5.32 Å². The van der Waals surface area contributed by atoms with Crippen molar-refractivity contribution in [2.75, 3.05) is 7.05 Å². The van der Waals surface area contributed by atoms with Gasteiger partial charge in [0.05, 0.1) is 7.05 Å². The molecule has 0 radical (unpaired) electrons. The standard InChI is InChI=1S/C28H33NS/c1-4-6-20-28(19-5-2,21-11-7-8-14-24-15-12-22-30-24)27-25-16-10-9-13-23(25)17-18-26(27)29-3/h4-5,7,9-13,15-18,22,29H,1-2,6,8,14,19-21H2,3H3/p+1/b11-7+. The Kier molecular flexibility index (Phi) is 8.24. The number of rotatable bonds is 12. The number of hydrogen-bond donors (Lipinski definition) is 1. The molecule has 30 heavy (non-hydrogen) atoms. The number of allylic oxidation sites excluding steroid dienone is 4. The van der Waals surface area contributed by atoms with Crippen LogP contribution in [0.25, 0.3) is 10.8 Å². The minimum absolute atomic E-state index is 0.0259. The van der Waals surface area contributed by atoms with E-state index in [1.54, 1.807) is 0 Å². The molecule has 0 bridgehead atoms. The third-order valence-corrected chi connectivity index (χ3v) is 6.91. The van der Waals surface area contributed by atoms with E-state index in [1.165, 1.54) is 26.9 Å². The third kappa shape index (κ3) is 5.19. The molecule has 0 saturated carbocycles. The van der Waals surface area contributed by atoms with E-state index in [4.69, 9.17) is 0 Å². The van der Waals surface area contributed by atoms with Crippen LogP contribution in [0.1, 0.15) is 42.5 Å². The number of benzene rings is 2. The molecule has 0 aliphatic heterocycles. The fraction of sp³-hybridized carbons (Fsp3) is 0.286. The van der Waals surface area contributed by atoms with Gasteiger partial charge in [-0.1, -0.05) is 54.6 Å². The summed E-state index contributed by atoms with van der Waals surface area (Å²) in [5.41, 5.74) is 2.83. The Labute approximate surface area is 185 Å². The molecule has 3 rings (SSSR count). The van der Waals surface area contributed by atoms with Gasteiger partial charge in [-0.3, -0.25) is 0 Å². The van der Waals surface area contributed by atoms with Crippen molar-refractivity contribution in [1.82, 2.24) is 0 Å². The van der Waals surface area contributed by atoms with Crippen LogP contribution in [0.4, 0.5) is 5.69 Å². The number of hydrogen-bond acceptors (Lipinski definition) is 1. The second kappa shape index (κ2) is 11.1. The Morgan fingerprint density at radius 3 is 2.53 bits per heavy atom. The highest BCUT2D eigenvalue weighted by Crippen LogP contribution is 2.44. The fourth-order valence-electron chi connectivity index (χ4n) is 4.50. The summed E-state index contributed by atoms with van der Waals surface area (Å²) in [6.45, 7) is 8.14. The number of aryl methyl sites for hydroxylation is 1. The van der Waals surface area contributed by atoms with Gasteiger partial charge in [0.15, 0.2) is 0 Å². The van der Waals surface area contributed by atoms with Crippen LogP contribution in [-0.4, -0.2) is 7.05 Å². The Morgan fingerprint density at radius 2 is 1.80 bits per heavy atom. The zero-order valence-corrected chi connectivity index (χ0v) is 19.0. The molecule has 1 heterocycles. The van der Waals surface area contributed by atoms with Gasteiger partial charge in [0.2, 0.25) is 0 Å². The van der Waals surface area contributed by atoms with E-state index in [0.29, 0.717) is 0 Å². The molecule has 1 nitrogen and oxygen atoms in total. The van der Waals surface area contributed by atoms with Crippen molar-refractivity contribution in [2.45, 2.75) is 43.9 Å². The van der Waals surface area contributed by atoms with Gasteiger partial charge < -0.3 is 5.32 Å². The van der Waals surface area contributed by atoms with Crippen molar-refractivity contribution in [3.05, 3.63) is 102 Å². The largest absolute Gasteiger partial charge is 0.316 e. The van der Waals surface area contributed by atoms with E-state index in [9.17, 15) is 0 Å². The first-order valence-corrected chi connectivity index (χ1v) is 11.8. The number of thiophene rings is 1. The molecule has 1 aromatic heterocycles. The summed E-state index contributed by atoms with van der Waals surface area (Å²) < 4.78 is 0. The number of fused-ring (bicyclic) bond motifs is 1. The summed E-state index contributed by atoms with van der Waals surface area (Å²) in [6.07, 6.45) is 15.2. The first-order chi connectivity index (χ1) is 14.7. The van der Waals surface area contributed by atoms with E-state index in [1.807, 2.05) is 11.3 Å². The van der Waals surface area contributed by atoms with E-state index in [2.05, 4.69) is 104 Å². The lowest BCUT2D eigenvalue weighted by molar-refractivity contribution is -0.540. The van der Waals surface area contributed by atoms with E-state index < -0.39 is 0 Å². The lowest BCUT2D eigenvalue weighted by Crippen LogP contribution is -2.73. The zero-order chi connectivity index (χ0) is 21.2.